The van der Waals surface area contributed by atoms with Gasteiger partial charge in [-0.2, -0.15) is 4.98 Å². The molecule has 2 saturated heterocycles. The quantitative estimate of drug-likeness (QED) is 0.441. The van der Waals surface area contributed by atoms with Crippen molar-refractivity contribution in [2.75, 3.05) is 33.3 Å². The third kappa shape index (κ3) is 6.04. The van der Waals surface area contributed by atoms with Crippen molar-refractivity contribution in [3.63, 3.8) is 0 Å². The van der Waals surface area contributed by atoms with E-state index in [1.165, 1.54) is 11.3 Å². The van der Waals surface area contributed by atoms with Gasteiger partial charge in [0.15, 0.2) is 5.76 Å². The van der Waals surface area contributed by atoms with Crippen LogP contribution in [-0.2, 0) is 11.3 Å². The summed E-state index contributed by atoms with van der Waals surface area (Å²) in [5, 5.41) is 7.08. The summed E-state index contributed by atoms with van der Waals surface area (Å²) < 4.78 is 18.6. The van der Waals surface area contributed by atoms with E-state index < -0.39 is 6.09 Å². The summed E-state index contributed by atoms with van der Waals surface area (Å²) in [7, 11) is 1.62. The van der Waals surface area contributed by atoms with Gasteiger partial charge in [-0.25, -0.2) is 4.79 Å². The molecule has 13 heteroatoms. The van der Waals surface area contributed by atoms with Gasteiger partial charge < -0.3 is 29.1 Å². The van der Waals surface area contributed by atoms with Crippen LogP contribution in [0.15, 0.2) is 28.9 Å². The van der Waals surface area contributed by atoms with E-state index in [1.807, 2.05) is 6.07 Å². The Labute approximate surface area is 229 Å². The molecule has 0 unspecified atom stereocenters. The molecule has 0 spiro atoms. The number of rotatable bonds is 8. The molecule has 11 nitrogen and oxygen atoms in total. The Morgan fingerprint density at radius 3 is 2.68 bits per heavy atom. The third-order valence-electron chi connectivity index (χ3n) is 6.90. The molecule has 2 aliphatic heterocycles. The largest absolute Gasteiger partial charge is 0.415 e. The molecule has 0 aromatic carbocycles. The average molecular weight is 563 g/mol. The van der Waals surface area contributed by atoms with Crippen molar-refractivity contribution in [3.8, 4) is 16.6 Å². The number of carbonyl (C=O) groups excluding carboxylic acids is 2. The number of methoxy groups -OCH3 is 1. The molecule has 0 atom stereocenters. The summed E-state index contributed by atoms with van der Waals surface area (Å²) in [5.41, 5.74) is 0.761. The fourth-order valence-corrected chi connectivity index (χ4v) is 5.57. The lowest BCUT2D eigenvalue weighted by Gasteiger charge is -2.37. The highest BCUT2D eigenvalue weighted by Gasteiger charge is 2.33. The lowest BCUT2D eigenvalue weighted by atomic mass is 10.0. The number of ether oxygens (including phenoxy) is 2. The summed E-state index contributed by atoms with van der Waals surface area (Å²) >= 11 is 7.43. The molecule has 3 aromatic heterocycles. The minimum atomic E-state index is -0.601. The van der Waals surface area contributed by atoms with E-state index in [9.17, 15) is 9.59 Å². The number of aromatic nitrogens is 3. The third-order valence-corrected chi connectivity index (χ3v) is 8.15. The molecule has 1 N–H and O–H groups in total. The van der Waals surface area contributed by atoms with Crippen LogP contribution in [0.3, 0.4) is 0 Å². The number of thiophene rings is 1. The molecule has 2 amide bonds. The molecule has 5 rings (SSSR count). The topological polar surface area (TPSA) is 115 Å². The molecule has 5 heterocycles. The molecule has 2 aliphatic rings. The first-order valence-corrected chi connectivity index (χ1v) is 13.8. The molecule has 3 aromatic rings. The Bertz CT molecular complexity index is 1270. The fraction of sp³-hybridized carbons (Fsp3) is 0.520. The van der Waals surface area contributed by atoms with Gasteiger partial charge in [-0.1, -0.05) is 16.8 Å². The van der Waals surface area contributed by atoms with Crippen molar-refractivity contribution < 1.29 is 23.6 Å². The Morgan fingerprint density at radius 2 is 2.03 bits per heavy atom. The number of amides is 2. The van der Waals surface area contributed by atoms with Gasteiger partial charge in [0.1, 0.15) is 11.4 Å². The highest BCUT2D eigenvalue weighted by atomic mass is 35.5. The van der Waals surface area contributed by atoms with E-state index >= 15 is 0 Å². The maximum atomic E-state index is 13.0. The highest BCUT2D eigenvalue weighted by Crippen LogP contribution is 2.31. The normalized spacial score (nSPS) is 17.1. The number of hydrogen-bond donors (Lipinski definition) is 1. The second-order valence-electron chi connectivity index (χ2n) is 9.83. The van der Waals surface area contributed by atoms with Crippen LogP contribution in [-0.4, -0.2) is 88.0 Å². The second-order valence-corrected chi connectivity index (χ2v) is 11.5. The van der Waals surface area contributed by atoms with Crippen molar-refractivity contribution >= 4 is 34.9 Å². The van der Waals surface area contributed by atoms with E-state index in [-0.39, 0.29) is 36.3 Å². The molecule has 204 valence electrons. The van der Waals surface area contributed by atoms with Crippen LogP contribution >= 0.6 is 22.9 Å². The van der Waals surface area contributed by atoms with Gasteiger partial charge in [0.25, 0.3) is 5.91 Å². The summed E-state index contributed by atoms with van der Waals surface area (Å²) in [6.45, 7) is 7.34. The Hall–Kier alpha value is -2.93. The summed E-state index contributed by atoms with van der Waals surface area (Å²) in [6.07, 6.45) is 2.67. The van der Waals surface area contributed by atoms with Crippen molar-refractivity contribution in [2.45, 2.75) is 51.4 Å². The van der Waals surface area contributed by atoms with Crippen molar-refractivity contribution in [1.82, 2.24) is 29.8 Å². The minimum absolute atomic E-state index is 0.0120. The number of imidazole rings is 1. The molecule has 0 aliphatic carbocycles. The van der Waals surface area contributed by atoms with E-state index in [4.69, 9.17) is 25.6 Å². The molecular formula is C25H31ClN6O5S. The molecule has 0 bridgehead atoms. The van der Waals surface area contributed by atoms with Crippen LogP contribution in [0.1, 0.15) is 42.9 Å². The molecule has 0 saturated carbocycles. The number of likely N-dealkylation sites (tertiary alicyclic amines) is 2. The second kappa shape index (κ2) is 11.4. The van der Waals surface area contributed by atoms with Crippen LogP contribution in [0.25, 0.3) is 10.6 Å². The fourth-order valence-electron chi connectivity index (χ4n) is 4.57. The average Bonchev–Trinajstić information content (AvgIpc) is 3.59. The zero-order valence-electron chi connectivity index (χ0n) is 21.6. The van der Waals surface area contributed by atoms with Gasteiger partial charge in [-0.05, 0) is 38.8 Å². The van der Waals surface area contributed by atoms with Gasteiger partial charge in [0, 0.05) is 57.6 Å². The number of halogens is 1. The van der Waals surface area contributed by atoms with Gasteiger partial charge >= 0.3 is 12.1 Å². The zero-order valence-corrected chi connectivity index (χ0v) is 23.1. The summed E-state index contributed by atoms with van der Waals surface area (Å²) in [6, 6.07) is 5.94. The number of hydrogen-bond acceptors (Lipinski definition) is 9. The lowest BCUT2D eigenvalue weighted by molar-refractivity contribution is -0.0194. The van der Waals surface area contributed by atoms with E-state index in [0.29, 0.717) is 34.9 Å². The Morgan fingerprint density at radius 1 is 1.26 bits per heavy atom. The van der Waals surface area contributed by atoms with Crippen LogP contribution in [0.2, 0.25) is 4.34 Å². The van der Waals surface area contributed by atoms with Gasteiger partial charge in [0.05, 0.1) is 21.9 Å². The standard InChI is InChI=1S/C25H31ClN6O5S/c1-15(2)30-8-6-16(7-9-30)27-25(34)36-24-28-19(23(33)31-12-18(13-31)35-3)14-32(24)11-17-10-20(37-29-17)21-4-5-22(26)38-21/h4-5,10,14-16,18H,6-9,11-13H2,1-3H3,(H,27,34). The first kappa shape index (κ1) is 26.7. The Kier molecular flexibility index (Phi) is 8.03. The van der Waals surface area contributed by atoms with Gasteiger partial charge in [-0.3, -0.25) is 9.36 Å². The molecule has 2 fully saturated rings. The maximum Gasteiger partial charge on any atom is 0.415 e. The number of nitrogens with zero attached hydrogens (tertiary/aromatic N) is 5. The predicted molar refractivity (Wildman–Crippen MR) is 142 cm³/mol. The Balaban J connectivity index is 1.29. The van der Waals surface area contributed by atoms with Crippen molar-refractivity contribution in [1.29, 1.82) is 0 Å². The first-order chi connectivity index (χ1) is 18.3. The zero-order chi connectivity index (χ0) is 26.8. The molecule has 38 heavy (non-hydrogen) atoms. The first-order valence-electron chi connectivity index (χ1n) is 12.6. The molecular weight excluding hydrogens is 532 g/mol. The number of nitrogens with one attached hydrogen (secondary N) is 1. The van der Waals surface area contributed by atoms with Gasteiger partial charge in [-0.15, -0.1) is 11.3 Å². The minimum Gasteiger partial charge on any atom is -0.378 e. The van der Waals surface area contributed by atoms with E-state index in [1.54, 1.807) is 34.9 Å². The monoisotopic (exact) mass is 562 g/mol. The van der Waals surface area contributed by atoms with Crippen LogP contribution in [0.5, 0.6) is 6.01 Å². The van der Waals surface area contributed by atoms with E-state index in [0.717, 1.165) is 30.8 Å². The SMILES string of the molecule is COC1CN(C(=O)c2cn(Cc3cc(-c4ccc(Cl)s4)on3)c(OC(=O)NC3CCN(C(C)C)CC3)n2)C1. The van der Waals surface area contributed by atoms with Crippen molar-refractivity contribution in [2.24, 2.45) is 0 Å². The van der Waals surface area contributed by atoms with Crippen LogP contribution < -0.4 is 10.1 Å². The van der Waals surface area contributed by atoms with Gasteiger partial charge in [0.2, 0.25) is 0 Å². The number of piperidine rings is 1. The summed E-state index contributed by atoms with van der Waals surface area (Å²) in [5.74, 6) is 0.324. The smallest absolute Gasteiger partial charge is 0.378 e. The predicted octanol–water partition coefficient (Wildman–Crippen LogP) is 3.73. The highest BCUT2D eigenvalue weighted by molar-refractivity contribution is 7.19. The van der Waals surface area contributed by atoms with E-state index in [2.05, 4.69) is 34.2 Å². The van der Waals surface area contributed by atoms with Crippen LogP contribution in [0.4, 0.5) is 4.79 Å². The van der Waals surface area contributed by atoms with Crippen LogP contribution in [0, 0.1) is 0 Å². The molecule has 0 radical (unpaired) electrons. The maximum absolute atomic E-state index is 13.0. The lowest BCUT2D eigenvalue weighted by Crippen LogP contribution is -2.54. The summed E-state index contributed by atoms with van der Waals surface area (Å²) in [4.78, 5) is 35.0. The van der Waals surface area contributed by atoms with Crippen molar-refractivity contribution in [3.05, 3.63) is 40.1 Å². The number of carbonyl (C=O) groups is 2.